The molecule has 5 heteroatoms. The van der Waals surface area contributed by atoms with Crippen LogP contribution in [0.1, 0.15) is 10.4 Å². The van der Waals surface area contributed by atoms with E-state index in [0.717, 1.165) is 11.0 Å². The minimum absolute atomic E-state index is 0.0550. The summed E-state index contributed by atoms with van der Waals surface area (Å²) in [6.45, 7) is 0. The summed E-state index contributed by atoms with van der Waals surface area (Å²) in [6, 6.07) is 5.37. The number of nitrogens with zero attached hydrogens (tertiary/aromatic N) is 2. The summed E-state index contributed by atoms with van der Waals surface area (Å²) in [5.41, 5.74) is 2.06. The number of esters is 1. The van der Waals surface area contributed by atoms with Gasteiger partial charge in [-0.05, 0) is 12.1 Å². The van der Waals surface area contributed by atoms with Gasteiger partial charge in [0.2, 0.25) is 0 Å². The predicted molar refractivity (Wildman–Crippen MR) is 71.2 cm³/mol. The molecule has 0 fully saturated rings. The largest absolute Gasteiger partial charge is 0.506 e. The molecule has 1 aromatic carbocycles. The molecule has 96 valence electrons. The van der Waals surface area contributed by atoms with E-state index >= 15 is 0 Å². The van der Waals surface area contributed by atoms with Crippen LogP contribution in [0.25, 0.3) is 21.8 Å². The maximum Gasteiger partial charge on any atom is 0.338 e. The predicted octanol–water partition coefficient (Wildman–Crippen LogP) is 2.22. The molecule has 1 N–H and O–H groups in total. The smallest absolute Gasteiger partial charge is 0.338 e. The highest BCUT2D eigenvalue weighted by Crippen LogP contribution is 2.35. The summed E-state index contributed by atoms with van der Waals surface area (Å²) in [4.78, 5) is 15.8. The highest BCUT2D eigenvalue weighted by atomic mass is 16.5. The van der Waals surface area contributed by atoms with Gasteiger partial charge in [-0.2, -0.15) is 0 Å². The number of ether oxygens (including phenoxy) is 1. The third kappa shape index (κ3) is 1.48. The van der Waals surface area contributed by atoms with Crippen molar-refractivity contribution in [2.75, 3.05) is 7.11 Å². The summed E-state index contributed by atoms with van der Waals surface area (Å²) in [5.74, 6) is -0.367. The van der Waals surface area contributed by atoms with E-state index in [0.29, 0.717) is 16.3 Å². The Morgan fingerprint density at radius 2 is 2.05 bits per heavy atom. The number of hydrogen-bond acceptors (Lipinski definition) is 4. The first kappa shape index (κ1) is 11.5. The minimum Gasteiger partial charge on any atom is -0.506 e. The van der Waals surface area contributed by atoms with E-state index in [1.54, 1.807) is 18.3 Å². The first-order valence-corrected chi connectivity index (χ1v) is 5.77. The van der Waals surface area contributed by atoms with Gasteiger partial charge < -0.3 is 14.4 Å². The van der Waals surface area contributed by atoms with Crippen molar-refractivity contribution in [3.8, 4) is 5.75 Å². The topological polar surface area (TPSA) is 64.3 Å². The molecule has 0 aliphatic carbocycles. The van der Waals surface area contributed by atoms with Crippen LogP contribution in [0.5, 0.6) is 5.75 Å². The first-order chi connectivity index (χ1) is 9.15. The van der Waals surface area contributed by atoms with Crippen LogP contribution in [-0.4, -0.2) is 27.7 Å². The Morgan fingerprint density at radius 3 is 2.79 bits per heavy atom. The maximum absolute atomic E-state index is 11.9. The van der Waals surface area contributed by atoms with Crippen LogP contribution >= 0.6 is 0 Å². The summed E-state index contributed by atoms with van der Waals surface area (Å²) < 4.78 is 6.69. The fourth-order valence-corrected chi connectivity index (χ4v) is 2.44. The second-order valence-corrected chi connectivity index (χ2v) is 4.30. The van der Waals surface area contributed by atoms with Crippen LogP contribution in [-0.2, 0) is 11.8 Å². The third-order valence-electron chi connectivity index (χ3n) is 3.33. The van der Waals surface area contributed by atoms with Crippen LogP contribution in [0.2, 0.25) is 0 Å². The molecule has 0 saturated heterocycles. The molecule has 0 atom stereocenters. The zero-order chi connectivity index (χ0) is 13.6. The lowest BCUT2D eigenvalue weighted by Gasteiger charge is -2.02. The number of aromatic hydroxyl groups is 1. The van der Waals surface area contributed by atoms with E-state index in [4.69, 9.17) is 4.74 Å². The number of aryl methyl sites for hydroxylation is 1. The monoisotopic (exact) mass is 256 g/mol. The Morgan fingerprint density at radius 1 is 1.26 bits per heavy atom. The second-order valence-electron chi connectivity index (χ2n) is 4.30. The molecule has 0 amide bonds. The van der Waals surface area contributed by atoms with Crippen molar-refractivity contribution in [3.05, 3.63) is 36.2 Å². The van der Waals surface area contributed by atoms with Crippen LogP contribution in [0.15, 0.2) is 30.6 Å². The van der Waals surface area contributed by atoms with E-state index in [-0.39, 0.29) is 5.75 Å². The van der Waals surface area contributed by atoms with Gasteiger partial charge in [-0.3, -0.25) is 4.98 Å². The Labute approximate surface area is 109 Å². The molecule has 0 unspecified atom stereocenters. The van der Waals surface area contributed by atoms with E-state index < -0.39 is 5.97 Å². The Kier molecular flexibility index (Phi) is 2.41. The van der Waals surface area contributed by atoms with Crippen LogP contribution in [0.4, 0.5) is 0 Å². The maximum atomic E-state index is 11.9. The lowest BCUT2D eigenvalue weighted by molar-refractivity contribution is 0.0603. The van der Waals surface area contributed by atoms with Crippen molar-refractivity contribution in [2.24, 2.45) is 7.05 Å². The Hall–Kier alpha value is -2.56. The van der Waals surface area contributed by atoms with Crippen molar-refractivity contribution < 1.29 is 14.6 Å². The number of carbonyl (C=O) groups is 1. The summed E-state index contributed by atoms with van der Waals surface area (Å²) >= 11 is 0. The molecule has 3 aromatic rings. The fraction of sp³-hybridized carbons (Fsp3) is 0.143. The van der Waals surface area contributed by atoms with E-state index in [1.165, 1.54) is 13.3 Å². The van der Waals surface area contributed by atoms with Gasteiger partial charge in [0.05, 0.1) is 36.0 Å². The fourth-order valence-electron chi connectivity index (χ4n) is 2.44. The lowest BCUT2D eigenvalue weighted by Crippen LogP contribution is -2.01. The average molecular weight is 256 g/mol. The van der Waals surface area contributed by atoms with Crippen LogP contribution in [0, 0.1) is 0 Å². The zero-order valence-corrected chi connectivity index (χ0v) is 10.5. The average Bonchev–Trinajstić information content (AvgIpc) is 2.73. The summed E-state index contributed by atoms with van der Waals surface area (Å²) in [5, 5.41) is 11.3. The van der Waals surface area contributed by atoms with Crippen molar-refractivity contribution in [2.45, 2.75) is 0 Å². The lowest BCUT2D eigenvalue weighted by atomic mass is 10.1. The highest BCUT2D eigenvalue weighted by Gasteiger charge is 2.18. The molecule has 2 aromatic heterocycles. The number of benzene rings is 1. The van der Waals surface area contributed by atoms with Crippen molar-refractivity contribution in [3.63, 3.8) is 0 Å². The van der Waals surface area contributed by atoms with Gasteiger partial charge in [0, 0.05) is 18.0 Å². The van der Waals surface area contributed by atoms with E-state index in [9.17, 15) is 9.90 Å². The minimum atomic E-state index is -0.422. The van der Waals surface area contributed by atoms with Crippen molar-refractivity contribution in [1.29, 1.82) is 0 Å². The van der Waals surface area contributed by atoms with Gasteiger partial charge in [0.15, 0.2) is 0 Å². The van der Waals surface area contributed by atoms with Gasteiger partial charge >= 0.3 is 5.97 Å². The molecule has 19 heavy (non-hydrogen) atoms. The standard InChI is InChI=1S/C14H12N2O3/c1-16-9-5-3-4-8(14(18)19-2)12(9)13-10(16)6-15-7-11(13)17/h3-7,17H,1-2H3. The number of pyridine rings is 1. The number of fused-ring (bicyclic) bond motifs is 3. The number of hydrogen-bond donors (Lipinski definition) is 1. The number of carbonyl (C=O) groups excluding carboxylic acids is 1. The van der Waals surface area contributed by atoms with Gasteiger partial charge in [0.25, 0.3) is 0 Å². The summed E-state index contributed by atoms with van der Waals surface area (Å²) in [6.07, 6.45) is 3.03. The second kappa shape index (κ2) is 3.98. The molecule has 2 heterocycles. The molecule has 0 spiro atoms. The third-order valence-corrected chi connectivity index (χ3v) is 3.33. The van der Waals surface area contributed by atoms with Crippen LogP contribution < -0.4 is 0 Å². The van der Waals surface area contributed by atoms with E-state index in [1.807, 2.05) is 17.7 Å². The first-order valence-electron chi connectivity index (χ1n) is 5.77. The van der Waals surface area contributed by atoms with Gasteiger partial charge in [-0.1, -0.05) is 6.07 Å². The molecule has 0 aliphatic heterocycles. The van der Waals surface area contributed by atoms with Gasteiger partial charge in [-0.25, -0.2) is 4.79 Å². The summed E-state index contributed by atoms with van der Waals surface area (Å²) in [7, 11) is 3.21. The number of methoxy groups -OCH3 is 1. The molecule has 0 aliphatic rings. The van der Waals surface area contributed by atoms with Crippen molar-refractivity contribution >= 4 is 27.8 Å². The zero-order valence-electron chi connectivity index (χ0n) is 10.5. The molecule has 3 rings (SSSR count). The molecule has 5 nitrogen and oxygen atoms in total. The Bertz CT molecular complexity index is 805. The van der Waals surface area contributed by atoms with Crippen LogP contribution in [0.3, 0.4) is 0 Å². The molecular weight excluding hydrogens is 244 g/mol. The molecule has 0 saturated carbocycles. The molecule has 0 bridgehead atoms. The Balaban J connectivity index is 2.58. The number of aromatic nitrogens is 2. The van der Waals surface area contributed by atoms with Crippen molar-refractivity contribution in [1.82, 2.24) is 9.55 Å². The van der Waals surface area contributed by atoms with Gasteiger partial charge in [-0.15, -0.1) is 0 Å². The molecule has 0 radical (unpaired) electrons. The quantitative estimate of drug-likeness (QED) is 0.678. The number of rotatable bonds is 1. The molecular formula is C14H12N2O3. The highest BCUT2D eigenvalue weighted by molar-refractivity contribution is 6.18. The van der Waals surface area contributed by atoms with E-state index in [2.05, 4.69) is 4.98 Å². The normalized spacial score (nSPS) is 11.1. The van der Waals surface area contributed by atoms with Gasteiger partial charge in [0.1, 0.15) is 5.75 Å². The SMILES string of the molecule is COC(=O)c1cccc2c1c1c(O)cncc1n2C.